The number of nitrogens with one attached hydrogen (secondary N) is 1. The number of fused-ring (bicyclic) bond motifs is 1. The van der Waals surface area contributed by atoms with Crippen LogP contribution in [0.3, 0.4) is 0 Å². The Labute approximate surface area is 72.8 Å². The van der Waals surface area contributed by atoms with Crippen LogP contribution in [-0.2, 0) is 6.42 Å². The highest BCUT2D eigenvalue weighted by molar-refractivity contribution is 5.57. The monoisotopic (exact) mass is 155 g/mol. The summed E-state index contributed by atoms with van der Waals surface area (Å²) in [4.78, 5) is 0. The summed E-state index contributed by atoms with van der Waals surface area (Å²) < 4.78 is 0. The van der Waals surface area contributed by atoms with Crippen molar-refractivity contribution < 1.29 is 0 Å². The van der Waals surface area contributed by atoms with Crippen LogP contribution in [0.5, 0.6) is 0 Å². The van der Waals surface area contributed by atoms with Gasteiger partial charge in [0.1, 0.15) is 0 Å². The van der Waals surface area contributed by atoms with Gasteiger partial charge in [-0.3, -0.25) is 0 Å². The van der Waals surface area contributed by atoms with E-state index in [1.165, 1.54) is 5.56 Å². The van der Waals surface area contributed by atoms with Gasteiger partial charge in [-0.15, -0.1) is 6.42 Å². The molecule has 1 heteroatoms. The van der Waals surface area contributed by atoms with Gasteiger partial charge in [0.05, 0.1) is 6.54 Å². The van der Waals surface area contributed by atoms with Crippen molar-refractivity contribution in [3.8, 4) is 12.3 Å². The maximum Gasteiger partial charge on any atom is 0.0883 e. The summed E-state index contributed by atoms with van der Waals surface area (Å²) in [7, 11) is 0. The minimum atomic E-state index is 0.956. The van der Waals surface area contributed by atoms with E-state index in [0.29, 0.717) is 0 Å². The van der Waals surface area contributed by atoms with Crippen LogP contribution in [0.1, 0.15) is 17.5 Å². The zero-order valence-electron chi connectivity index (χ0n) is 6.72. The Morgan fingerprint density at radius 3 is 3.25 bits per heavy atom. The van der Waals surface area contributed by atoms with Crippen LogP contribution in [0.2, 0.25) is 0 Å². The molecule has 1 aliphatic rings. The van der Waals surface area contributed by atoms with E-state index < -0.39 is 0 Å². The summed E-state index contributed by atoms with van der Waals surface area (Å²) in [6.07, 6.45) is 7.30. The molecule has 0 atom stereocenters. The smallest absolute Gasteiger partial charge is 0.0883 e. The van der Waals surface area contributed by atoms with E-state index in [2.05, 4.69) is 23.8 Å². The topological polar surface area (TPSA) is 12.0 Å². The zero-order valence-corrected chi connectivity index (χ0v) is 6.72. The molecule has 58 valence electrons. The molecule has 0 bridgehead atoms. The fraction of sp³-hybridized carbons (Fsp3) is 0.182. The molecule has 1 N–H and O–H groups in total. The lowest BCUT2D eigenvalue weighted by Crippen LogP contribution is -2.06. The number of rotatable bonds is 0. The predicted octanol–water partition coefficient (Wildman–Crippen LogP) is 2.06. The highest BCUT2D eigenvalue weighted by Gasteiger charge is 2.08. The Morgan fingerprint density at radius 2 is 2.42 bits per heavy atom. The molecule has 0 unspecified atom stereocenters. The Morgan fingerprint density at radius 1 is 1.50 bits per heavy atom. The molecule has 0 saturated heterocycles. The van der Waals surface area contributed by atoms with Gasteiger partial charge >= 0.3 is 0 Å². The molecule has 0 aromatic heterocycles. The number of anilines is 1. The van der Waals surface area contributed by atoms with Crippen LogP contribution in [0.15, 0.2) is 18.2 Å². The maximum absolute atomic E-state index is 5.30. The van der Waals surface area contributed by atoms with Gasteiger partial charge in [0, 0.05) is 11.3 Å². The normalized spacial score (nSPS) is 14.2. The largest absolute Gasteiger partial charge is 0.375 e. The summed E-state index contributed by atoms with van der Waals surface area (Å²) in [6, 6.07) is 6.01. The standard InChI is InChI=1S/C11H9N/c1-2-9-5-6-11-10(8-9)4-3-7-12-11/h1,5-6,8,12H,3-4H2. The van der Waals surface area contributed by atoms with E-state index in [0.717, 1.165) is 24.1 Å². The maximum atomic E-state index is 5.30. The molecule has 1 aromatic carbocycles. The highest BCUT2D eigenvalue weighted by atomic mass is 14.9. The first kappa shape index (κ1) is 7.24. The van der Waals surface area contributed by atoms with Gasteiger partial charge in [-0.1, -0.05) is 5.92 Å². The molecule has 0 amide bonds. The van der Waals surface area contributed by atoms with Crippen molar-refractivity contribution in [2.75, 3.05) is 5.32 Å². The predicted molar refractivity (Wildman–Crippen MR) is 49.6 cm³/mol. The van der Waals surface area contributed by atoms with Crippen molar-refractivity contribution in [3.05, 3.63) is 35.9 Å². The Hall–Kier alpha value is -1.42. The van der Waals surface area contributed by atoms with Crippen molar-refractivity contribution in [3.63, 3.8) is 0 Å². The lowest BCUT2D eigenvalue weighted by molar-refractivity contribution is 0.908. The first-order valence-electron chi connectivity index (χ1n) is 3.98. The lowest BCUT2D eigenvalue weighted by atomic mass is 10.0. The molecule has 0 fully saturated rings. The molecule has 1 aromatic rings. The van der Waals surface area contributed by atoms with Crippen LogP contribution in [-0.4, -0.2) is 0 Å². The molecule has 0 saturated carbocycles. The minimum Gasteiger partial charge on any atom is -0.375 e. The third-order valence-electron chi connectivity index (χ3n) is 2.01. The SMILES string of the molecule is C#Cc1ccc2c(c1)CC[C]N2. The lowest BCUT2D eigenvalue weighted by Gasteiger charge is -2.16. The van der Waals surface area contributed by atoms with Gasteiger partial charge in [-0.25, -0.2) is 0 Å². The van der Waals surface area contributed by atoms with Crippen LogP contribution in [0.4, 0.5) is 5.69 Å². The molecule has 12 heavy (non-hydrogen) atoms. The summed E-state index contributed by atoms with van der Waals surface area (Å²) in [5, 5.41) is 3.10. The molecular formula is C11H9N. The highest BCUT2D eigenvalue weighted by Crippen LogP contribution is 2.23. The van der Waals surface area contributed by atoms with Gasteiger partial charge in [0.15, 0.2) is 0 Å². The van der Waals surface area contributed by atoms with E-state index in [1.54, 1.807) is 0 Å². The molecule has 1 aliphatic heterocycles. The summed E-state index contributed by atoms with van der Waals surface area (Å²) in [6.45, 7) is 3.08. The van der Waals surface area contributed by atoms with Gasteiger partial charge in [0.25, 0.3) is 0 Å². The second-order valence-electron chi connectivity index (χ2n) is 2.82. The molecular weight excluding hydrogens is 146 g/mol. The minimum absolute atomic E-state index is 0.956. The summed E-state index contributed by atoms with van der Waals surface area (Å²) in [5.41, 5.74) is 3.39. The van der Waals surface area contributed by atoms with Gasteiger partial charge < -0.3 is 5.32 Å². The third kappa shape index (κ3) is 1.16. The number of aryl methyl sites for hydroxylation is 1. The molecule has 1 nitrogen and oxygen atoms in total. The van der Waals surface area contributed by atoms with E-state index >= 15 is 0 Å². The second-order valence-corrected chi connectivity index (χ2v) is 2.82. The molecule has 0 spiro atoms. The molecule has 1 heterocycles. The second kappa shape index (κ2) is 2.91. The van der Waals surface area contributed by atoms with E-state index in [4.69, 9.17) is 6.42 Å². The Bertz CT molecular complexity index is 333. The van der Waals surface area contributed by atoms with Crippen molar-refractivity contribution in [2.45, 2.75) is 12.8 Å². The van der Waals surface area contributed by atoms with Gasteiger partial charge in [-0.2, -0.15) is 0 Å². The zero-order chi connectivity index (χ0) is 8.39. The van der Waals surface area contributed by atoms with E-state index in [9.17, 15) is 0 Å². The fourth-order valence-corrected chi connectivity index (χ4v) is 1.37. The number of benzene rings is 1. The number of hydrogen-bond acceptors (Lipinski definition) is 1. The quantitative estimate of drug-likeness (QED) is 0.565. The van der Waals surface area contributed by atoms with E-state index in [1.807, 2.05) is 12.1 Å². The van der Waals surface area contributed by atoms with Gasteiger partial charge in [0.2, 0.25) is 0 Å². The van der Waals surface area contributed by atoms with Crippen molar-refractivity contribution in [1.82, 2.24) is 0 Å². The Kier molecular flexibility index (Phi) is 1.75. The Balaban J connectivity index is 2.44. The third-order valence-corrected chi connectivity index (χ3v) is 2.01. The first-order chi connectivity index (χ1) is 5.90. The average molecular weight is 155 g/mol. The van der Waals surface area contributed by atoms with Gasteiger partial charge in [-0.05, 0) is 36.6 Å². The van der Waals surface area contributed by atoms with Crippen molar-refractivity contribution >= 4 is 5.69 Å². The van der Waals surface area contributed by atoms with Crippen LogP contribution in [0.25, 0.3) is 0 Å². The fourth-order valence-electron chi connectivity index (χ4n) is 1.37. The van der Waals surface area contributed by atoms with E-state index in [-0.39, 0.29) is 0 Å². The molecule has 2 radical (unpaired) electrons. The van der Waals surface area contributed by atoms with Crippen LogP contribution in [0, 0.1) is 18.9 Å². The first-order valence-corrected chi connectivity index (χ1v) is 3.98. The summed E-state index contributed by atoms with van der Waals surface area (Å²) >= 11 is 0. The average Bonchev–Trinajstić information content (AvgIpc) is 2.17. The number of hydrogen-bond donors (Lipinski definition) is 1. The van der Waals surface area contributed by atoms with Crippen molar-refractivity contribution in [1.29, 1.82) is 0 Å². The number of terminal acetylenes is 1. The van der Waals surface area contributed by atoms with Crippen LogP contribution < -0.4 is 5.32 Å². The summed E-state index contributed by atoms with van der Waals surface area (Å²) in [5.74, 6) is 2.63. The molecule has 2 rings (SSSR count). The molecule has 0 aliphatic carbocycles. The van der Waals surface area contributed by atoms with Crippen molar-refractivity contribution in [2.24, 2.45) is 0 Å². The van der Waals surface area contributed by atoms with Crippen LogP contribution >= 0.6 is 0 Å².